The average Bonchev–Trinajstić information content (AvgIpc) is 3.10. The first-order valence-corrected chi connectivity index (χ1v) is 10.3. The maximum atomic E-state index is 4.49. The monoisotopic (exact) mass is 373 g/mol. The lowest BCUT2D eigenvalue weighted by Gasteiger charge is -2.23. The van der Waals surface area contributed by atoms with Crippen LogP contribution in [0.15, 0.2) is 47.7 Å². The fourth-order valence-electron chi connectivity index (χ4n) is 2.56. The van der Waals surface area contributed by atoms with Gasteiger partial charge in [0.2, 0.25) is 0 Å². The minimum absolute atomic E-state index is 0.174. The van der Waals surface area contributed by atoms with Gasteiger partial charge in [0.05, 0.1) is 6.54 Å². The number of imidazole rings is 1. The summed E-state index contributed by atoms with van der Waals surface area (Å²) in [6, 6.07) is 10.6. The first-order chi connectivity index (χ1) is 12.5. The zero-order valence-corrected chi connectivity index (χ0v) is 17.1. The Morgan fingerprint density at radius 3 is 2.69 bits per heavy atom. The molecule has 1 aromatic heterocycles. The molecule has 0 saturated heterocycles. The maximum Gasteiger partial charge on any atom is 0.191 e. The maximum absolute atomic E-state index is 4.49. The van der Waals surface area contributed by atoms with Gasteiger partial charge in [-0.2, -0.15) is 11.8 Å². The molecular weight excluding hydrogens is 342 g/mol. The Bertz CT molecular complexity index is 679. The molecule has 0 unspecified atom stereocenters. The summed E-state index contributed by atoms with van der Waals surface area (Å²) >= 11 is 1.84. The van der Waals surface area contributed by atoms with Crippen LogP contribution in [0.3, 0.4) is 0 Å². The Balaban J connectivity index is 1.80. The van der Waals surface area contributed by atoms with Gasteiger partial charge in [-0.25, -0.2) is 4.98 Å². The molecule has 0 atom stereocenters. The molecule has 0 fully saturated rings. The van der Waals surface area contributed by atoms with Crippen LogP contribution in [-0.2, 0) is 19.5 Å². The Labute approximate surface area is 161 Å². The summed E-state index contributed by atoms with van der Waals surface area (Å²) in [5.74, 6) is 1.84. The highest BCUT2D eigenvalue weighted by atomic mass is 32.2. The van der Waals surface area contributed by atoms with Crippen molar-refractivity contribution in [1.82, 2.24) is 20.2 Å². The van der Waals surface area contributed by atoms with Gasteiger partial charge in [-0.3, -0.25) is 4.99 Å². The molecule has 5 nitrogen and oxygen atoms in total. The third-order valence-electron chi connectivity index (χ3n) is 4.38. The Morgan fingerprint density at radius 1 is 1.23 bits per heavy atom. The second-order valence-electron chi connectivity index (χ2n) is 6.87. The summed E-state index contributed by atoms with van der Waals surface area (Å²) in [5, 5.41) is 6.75. The van der Waals surface area contributed by atoms with Gasteiger partial charge in [0, 0.05) is 37.3 Å². The van der Waals surface area contributed by atoms with E-state index in [4.69, 9.17) is 0 Å². The summed E-state index contributed by atoms with van der Waals surface area (Å²) in [6.07, 6.45) is 8.23. The first-order valence-electron chi connectivity index (χ1n) is 9.07. The second kappa shape index (κ2) is 10.3. The van der Waals surface area contributed by atoms with Crippen LogP contribution < -0.4 is 10.6 Å². The van der Waals surface area contributed by atoms with E-state index in [2.05, 4.69) is 81.8 Å². The van der Waals surface area contributed by atoms with Gasteiger partial charge in [0.25, 0.3) is 0 Å². The highest BCUT2D eigenvalue weighted by molar-refractivity contribution is 7.99. The van der Waals surface area contributed by atoms with E-state index in [1.807, 2.05) is 18.0 Å². The SMILES string of the molecule is CN=C(NCc1nccn1CCCc1ccccc1)NCC(C)(C)SC. The van der Waals surface area contributed by atoms with E-state index in [1.54, 1.807) is 7.05 Å². The number of guanidine groups is 1. The van der Waals surface area contributed by atoms with Crippen LogP contribution in [0.2, 0.25) is 0 Å². The van der Waals surface area contributed by atoms with Crippen LogP contribution in [0.1, 0.15) is 31.7 Å². The molecule has 6 heteroatoms. The van der Waals surface area contributed by atoms with Gasteiger partial charge < -0.3 is 15.2 Å². The number of hydrogen-bond acceptors (Lipinski definition) is 3. The van der Waals surface area contributed by atoms with E-state index in [9.17, 15) is 0 Å². The molecule has 1 aromatic carbocycles. The molecule has 2 N–H and O–H groups in total. The van der Waals surface area contributed by atoms with Crippen molar-refractivity contribution in [3.63, 3.8) is 0 Å². The van der Waals surface area contributed by atoms with E-state index in [-0.39, 0.29) is 4.75 Å². The topological polar surface area (TPSA) is 54.2 Å². The summed E-state index contributed by atoms with van der Waals surface area (Å²) in [4.78, 5) is 8.79. The molecule has 0 radical (unpaired) electrons. The summed E-state index contributed by atoms with van der Waals surface area (Å²) in [7, 11) is 1.80. The third kappa shape index (κ3) is 6.75. The molecule has 0 aliphatic carbocycles. The quantitative estimate of drug-likeness (QED) is 0.523. The van der Waals surface area contributed by atoms with Gasteiger partial charge >= 0.3 is 0 Å². The molecule has 26 heavy (non-hydrogen) atoms. The van der Waals surface area contributed by atoms with Crippen LogP contribution in [0.4, 0.5) is 0 Å². The van der Waals surface area contributed by atoms with Crippen molar-refractivity contribution in [3.8, 4) is 0 Å². The minimum Gasteiger partial charge on any atom is -0.355 e. The lowest BCUT2D eigenvalue weighted by Crippen LogP contribution is -2.43. The van der Waals surface area contributed by atoms with Crippen molar-refractivity contribution < 1.29 is 0 Å². The molecule has 2 rings (SSSR count). The number of nitrogens with zero attached hydrogens (tertiary/aromatic N) is 3. The Hall–Kier alpha value is -1.95. The molecule has 1 heterocycles. The predicted molar refractivity (Wildman–Crippen MR) is 113 cm³/mol. The van der Waals surface area contributed by atoms with Crippen molar-refractivity contribution in [3.05, 3.63) is 54.1 Å². The predicted octanol–water partition coefficient (Wildman–Crippen LogP) is 3.32. The molecule has 2 aromatic rings. The van der Waals surface area contributed by atoms with Crippen LogP contribution in [0.5, 0.6) is 0 Å². The molecule has 0 bridgehead atoms. The van der Waals surface area contributed by atoms with Crippen molar-refractivity contribution in [1.29, 1.82) is 0 Å². The van der Waals surface area contributed by atoms with Gasteiger partial charge in [0.15, 0.2) is 5.96 Å². The van der Waals surface area contributed by atoms with Crippen LogP contribution >= 0.6 is 11.8 Å². The van der Waals surface area contributed by atoms with Crippen LogP contribution in [0, 0.1) is 0 Å². The highest BCUT2D eigenvalue weighted by Gasteiger charge is 2.16. The number of benzene rings is 1. The number of thioether (sulfide) groups is 1. The van der Waals surface area contributed by atoms with E-state index < -0.39 is 0 Å². The number of aliphatic imine (C=N–C) groups is 1. The number of aromatic nitrogens is 2. The fraction of sp³-hybridized carbons (Fsp3) is 0.500. The van der Waals surface area contributed by atoms with Crippen molar-refractivity contribution in [2.75, 3.05) is 19.8 Å². The molecule has 0 saturated carbocycles. The van der Waals surface area contributed by atoms with Gasteiger partial charge in [-0.05, 0) is 38.5 Å². The number of hydrogen-bond donors (Lipinski definition) is 2. The normalized spacial score (nSPS) is 12.2. The Morgan fingerprint density at radius 2 is 2.00 bits per heavy atom. The zero-order chi connectivity index (χ0) is 18.8. The second-order valence-corrected chi connectivity index (χ2v) is 8.38. The van der Waals surface area contributed by atoms with E-state index in [0.29, 0.717) is 6.54 Å². The Kier molecular flexibility index (Phi) is 8.04. The van der Waals surface area contributed by atoms with E-state index in [1.165, 1.54) is 5.56 Å². The average molecular weight is 374 g/mol. The number of nitrogens with one attached hydrogen (secondary N) is 2. The standard InChI is InChI=1S/C20H31N5S/c1-20(2,26-4)16-24-19(21-3)23-15-18-22-12-14-25(18)13-8-11-17-9-6-5-7-10-17/h5-7,9-10,12,14H,8,11,13,15-16H2,1-4H3,(H2,21,23,24). The number of aryl methyl sites for hydroxylation is 2. The fourth-order valence-corrected chi connectivity index (χ4v) is 2.78. The zero-order valence-electron chi connectivity index (χ0n) is 16.3. The number of rotatable bonds is 9. The summed E-state index contributed by atoms with van der Waals surface area (Å²) in [6.45, 7) is 6.93. The molecule has 0 aliphatic rings. The molecule has 0 spiro atoms. The van der Waals surface area contributed by atoms with Gasteiger partial charge in [0.1, 0.15) is 5.82 Å². The lowest BCUT2D eigenvalue weighted by molar-refractivity contribution is 0.598. The van der Waals surface area contributed by atoms with Gasteiger partial charge in [-0.15, -0.1) is 0 Å². The highest BCUT2D eigenvalue weighted by Crippen LogP contribution is 2.19. The van der Waals surface area contributed by atoms with E-state index >= 15 is 0 Å². The smallest absolute Gasteiger partial charge is 0.191 e. The summed E-state index contributed by atoms with van der Waals surface area (Å²) < 4.78 is 2.39. The minimum atomic E-state index is 0.174. The van der Waals surface area contributed by atoms with Crippen molar-refractivity contribution in [2.24, 2.45) is 4.99 Å². The molecule has 0 aliphatic heterocycles. The molecular formula is C20H31N5S. The van der Waals surface area contributed by atoms with Crippen molar-refractivity contribution in [2.45, 2.75) is 44.5 Å². The lowest BCUT2D eigenvalue weighted by atomic mass is 10.1. The van der Waals surface area contributed by atoms with Crippen molar-refractivity contribution >= 4 is 17.7 Å². The third-order valence-corrected chi connectivity index (χ3v) is 5.63. The molecule has 142 valence electrons. The van der Waals surface area contributed by atoms with E-state index in [0.717, 1.165) is 37.7 Å². The van der Waals surface area contributed by atoms with Crippen LogP contribution in [-0.4, -0.2) is 40.1 Å². The largest absolute Gasteiger partial charge is 0.355 e. The van der Waals surface area contributed by atoms with Crippen LogP contribution in [0.25, 0.3) is 0 Å². The summed E-state index contributed by atoms with van der Waals surface area (Å²) in [5.41, 5.74) is 1.38. The van der Waals surface area contributed by atoms with Gasteiger partial charge in [-0.1, -0.05) is 30.3 Å². The molecule has 0 amide bonds. The first kappa shape index (κ1) is 20.4.